The molecule has 4 heterocycles. The smallest absolute Gasteiger partial charge is 0.201 e. The third-order valence-electron chi connectivity index (χ3n) is 18.3. The van der Waals surface area contributed by atoms with E-state index in [0.717, 1.165) is 126 Å². The number of hydrogen-bond donors (Lipinski definition) is 0. The van der Waals surface area contributed by atoms with Crippen LogP contribution in [0.25, 0.3) is 89.5 Å². The fraction of sp³-hybridized carbons (Fsp3) is 0.269. The van der Waals surface area contributed by atoms with Gasteiger partial charge in [0, 0.05) is 101 Å². The summed E-state index contributed by atoms with van der Waals surface area (Å²) in [7, 11) is 7.38. The van der Waals surface area contributed by atoms with Crippen molar-refractivity contribution >= 4 is 0 Å². The highest BCUT2D eigenvalue weighted by Crippen LogP contribution is 2.38. The Balaban J connectivity index is 0.000000168. The summed E-state index contributed by atoms with van der Waals surface area (Å²) in [5.41, 5.74) is 20.4. The molecule has 1 fully saturated rings. The van der Waals surface area contributed by atoms with Crippen LogP contribution in [-0.2, 0) is 28.2 Å². The van der Waals surface area contributed by atoms with Crippen LogP contribution in [0.1, 0.15) is 167 Å². The first-order valence-electron chi connectivity index (χ1n) is 44.6. The lowest BCUT2D eigenvalue weighted by Gasteiger charge is -2.22. The van der Waals surface area contributed by atoms with Gasteiger partial charge in [0.05, 0.1) is 0 Å². The monoisotopic (exact) mass is 1300 g/mol. The number of aromatic nitrogens is 4. The Labute approximate surface area is 614 Å². The summed E-state index contributed by atoms with van der Waals surface area (Å²) in [6, 6.07) is 63.8. The molecule has 12 aromatic rings. The molecule has 0 amide bonds. The number of aryl methyl sites for hydroxylation is 16. The molecule has 13 rings (SSSR count). The van der Waals surface area contributed by atoms with Crippen LogP contribution in [0.15, 0.2) is 231 Å². The van der Waals surface area contributed by atoms with Crippen molar-refractivity contribution in [2.75, 3.05) is 0 Å². The maximum Gasteiger partial charge on any atom is 0.212 e. The van der Waals surface area contributed by atoms with Crippen molar-refractivity contribution in [3.63, 3.8) is 0 Å². The summed E-state index contributed by atoms with van der Waals surface area (Å²) in [4.78, 5) is 0. The van der Waals surface area contributed by atoms with Gasteiger partial charge in [-0.15, -0.1) is 0 Å². The summed E-state index contributed by atoms with van der Waals surface area (Å²) in [6.07, 6.45) is 12.0. The van der Waals surface area contributed by atoms with Gasteiger partial charge in [0.2, 0.25) is 22.8 Å². The maximum atomic E-state index is 9.05. The van der Waals surface area contributed by atoms with E-state index in [9.17, 15) is 0 Å². The summed E-state index contributed by atoms with van der Waals surface area (Å²) < 4.78 is 191. The van der Waals surface area contributed by atoms with Gasteiger partial charge in [-0.05, 0) is 243 Å². The molecule has 0 saturated heterocycles. The summed E-state index contributed by atoms with van der Waals surface area (Å²) in [5.74, 6) is -1.66. The van der Waals surface area contributed by atoms with Gasteiger partial charge in [-0.1, -0.05) is 179 Å². The van der Waals surface area contributed by atoms with Crippen LogP contribution in [0.3, 0.4) is 0 Å². The van der Waals surface area contributed by atoms with E-state index in [0.29, 0.717) is 50.1 Å². The first kappa shape index (κ1) is 45.7. The van der Waals surface area contributed by atoms with Gasteiger partial charge in [-0.2, -0.15) is 0 Å². The van der Waals surface area contributed by atoms with E-state index in [1.165, 1.54) is 6.42 Å². The van der Waals surface area contributed by atoms with Crippen molar-refractivity contribution in [3.05, 3.63) is 309 Å². The minimum atomic E-state index is -2.35. The zero-order valence-electron chi connectivity index (χ0n) is 80.8. The number of nitrogens with zero attached hydrogens (tertiary/aromatic N) is 4. The predicted molar refractivity (Wildman–Crippen MR) is 411 cm³/mol. The summed E-state index contributed by atoms with van der Waals surface area (Å²) >= 11 is 0. The van der Waals surface area contributed by atoms with Gasteiger partial charge in [-0.3, -0.25) is 0 Å². The lowest BCUT2D eigenvalue weighted by Crippen LogP contribution is -2.32. The molecule has 0 atom stereocenters. The summed E-state index contributed by atoms with van der Waals surface area (Å²) in [5, 5.41) is 0. The Morgan fingerprint density at radius 1 is 0.330 bits per heavy atom. The van der Waals surface area contributed by atoms with Crippen molar-refractivity contribution in [2.45, 2.75) is 140 Å². The van der Waals surface area contributed by atoms with E-state index in [4.69, 9.17) is 31.5 Å². The van der Waals surface area contributed by atoms with Gasteiger partial charge >= 0.3 is 0 Å². The van der Waals surface area contributed by atoms with Crippen LogP contribution in [0.2, 0.25) is 0 Å². The van der Waals surface area contributed by atoms with Crippen LogP contribution in [0.4, 0.5) is 0 Å². The molecule has 1 saturated carbocycles. The minimum Gasteiger partial charge on any atom is -0.201 e. The first-order chi connectivity index (χ1) is 55.7. The quantitative estimate of drug-likeness (QED) is 0.121. The molecular formula is C93H104N4+4. The highest BCUT2D eigenvalue weighted by molar-refractivity contribution is 5.79. The van der Waals surface area contributed by atoms with Gasteiger partial charge in [0.1, 0.15) is 28.2 Å². The van der Waals surface area contributed by atoms with Crippen molar-refractivity contribution in [2.24, 2.45) is 28.2 Å². The molecule has 0 N–H and O–H groups in total. The fourth-order valence-electron chi connectivity index (χ4n) is 12.9. The Bertz CT molecular complexity index is 5670. The maximum absolute atomic E-state index is 9.05. The lowest BCUT2D eigenvalue weighted by atomic mass is 9.83. The molecule has 0 bridgehead atoms. The Morgan fingerprint density at radius 2 is 0.701 bits per heavy atom. The van der Waals surface area contributed by atoms with Crippen LogP contribution in [0.5, 0.6) is 0 Å². The second-order valence-electron chi connectivity index (χ2n) is 25.8. The van der Waals surface area contributed by atoms with Crippen LogP contribution in [0, 0.1) is 82.6 Å². The molecule has 8 aromatic carbocycles. The van der Waals surface area contributed by atoms with E-state index >= 15 is 0 Å². The normalized spacial score (nSPS) is 16.9. The average Bonchev–Trinajstić information content (AvgIpc) is 0.770. The number of hydrogen-bond acceptors (Lipinski definition) is 0. The van der Waals surface area contributed by atoms with Crippen molar-refractivity contribution < 1.29 is 49.8 Å². The Hall–Kier alpha value is -9.64. The standard InChI is InChI=1S/C26H30N.C24H28N.C22H24N.C21H22N/c1-19-16-20(2)25(18-24(19)22-12-8-5-9-13-22)26-17-23(14-15-27(26)3)21-10-6-4-7-11-21;1-16(2)21-14-24(25(6)15-19(21)5)23-13-22(17(3)12-18(23)4)20-10-8-7-9-11-20;1-15-12-22(23(5)14-18(15)4)21-13-20(16(2)11-17(21)3)19-9-7-6-8-10-19;1-15-10-11-21(22(4)14-15)20-13-19(16(2)12-17(20)3)18-8-6-5-7-9-18/h5,8-9,12-18,21H,4,6-7,10-11H2,1-3H3;7-16H,1-6H3;6-14H,1-5H3;5-14H,1-4H3/q4*+1/i1D3,21D;3D3,5D3,16D;2D3,4D3;1D3,2D3. The minimum absolute atomic E-state index is 0.142. The van der Waals surface area contributed by atoms with E-state index in [1.807, 2.05) is 206 Å². The molecule has 0 unspecified atom stereocenters. The third-order valence-corrected chi connectivity index (χ3v) is 18.3. The van der Waals surface area contributed by atoms with E-state index in [1.54, 1.807) is 104 Å². The van der Waals surface area contributed by atoms with E-state index < -0.39 is 59.8 Å². The first-order valence-corrected chi connectivity index (χ1v) is 33.1. The highest BCUT2D eigenvalue weighted by atomic mass is 14.9. The zero-order valence-corrected chi connectivity index (χ0v) is 57.8. The van der Waals surface area contributed by atoms with Crippen molar-refractivity contribution in [1.29, 1.82) is 0 Å². The molecule has 0 aliphatic heterocycles. The van der Waals surface area contributed by atoms with Gasteiger partial charge in [0.15, 0.2) is 24.8 Å². The molecule has 0 radical (unpaired) electrons. The molecule has 0 spiro atoms. The molecular weight excluding hydrogens is 1170 g/mol. The van der Waals surface area contributed by atoms with E-state index in [-0.39, 0.29) is 16.7 Å². The Kier molecular flexibility index (Phi) is 14.8. The molecule has 1 aliphatic carbocycles. The zero-order chi connectivity index (χ0) is 88.5. The molecule has 1 aliphatic rings. The Morgan fingerprint density at radius 3 is 1.08 bits per heavy atom. The molecule has 492 valence electrons. The molecule has 4 aromatic heterocycles. The number of rotatable bonds is 10. The predicted octanol–water partition coefficient (Wildman–Crippen LogP) is 22.3. The van der Waals surface area contributed by atoms with Gasteiger partial charge in [0.25, 0.3) is 0 Å². The lowest BCUT2D eigenvalue weighted by molar-refractivity contribution is -0.660. The highest BCUT2D eigenvalue weighted by Gasteiger charge is 2.24. The fourth-order valence-corrected chi connectivity index (χ4v) is 12.9. The number of pyridine rings is 4. The van der Waals surface area contributed by atoms with Crippen LogP contribution in [-0.4, -0.2) is 0 Å². The second-order valence-corrected chi connectivity index (χ2v) is 25.8. The summed E-state index contributed by atoms with van der Waals surface area (Å²) in [6.45, 7) is -2.95. The average molecular weight is 1300 g/mol. The van der Waals surface area contributed by atoms with Crippen molar-refractivity contribution in [1.82, 2.24) is 0 Å². The third kappa shape index (κ3) is 16.6. The molecule has 97 heavy (non-hydrogen) atoms. The molecule has 4 nitrogen and oxygen atoms in total. The number of benzene rings is 8. The topological polar surface area (TPSA) is 15.5 Å². The SMILES string of the molecule is [2H]C([2H])([2H])c1c[n+](C)c(-c2cc(-c3ccccc3)c(C([2H])([2H])[2H])cc2C)cc1C.[2H]C([2H])([2H])c1cc(C)c(-c2cc(C([2H])(C)C)c(C([2H])([2H])[2H])c[n+]2C)cc1-c1ccccc1.[2H]C([2H])([2H])c1cc(C)c(-c2cc(C3([2H])CCCCC3)cc[n+]2C)cc1-c1ccccc1.[2H]C([2H])([2H])c1ccc(-c2cc(-c3ccccc3)c(C([2H])([2H])[2H])cc2C)[n+](C)c1. The van der Waals surface area contributed by atoms with Gasteiger partial charge in [-0.25, -0.2) is 18.3 Å². The van der Waals surface area contributed by atoms with E-state index in [2.05, 4.69) is 16.7 Å². The van der Waals surface area contributed by atoms with Gasteiger partial charge < -0.3 is 0 Å². The second kappa shape index (κ2) is 31.5. The van der Waals surface area contributed by atoms with Crippen molar-refractivity contribution in [3.8, 4) is 89.5 Å². The van der Waals surface area contributed by atoms with Crippen LogP contribution >= 0.6 is 0 Å². The molecule has 4 heteroatoms. The van der Waals surface area contributed by atoms with Crippen LogP contribution < -0.4 is 18.3 Å². The largest absolute Gasteiger partial charge is 0.212 e.